The molecular weight excluding hydrogens is 284 g/mol. The second kappa shape index (κ2) is 7.91. The van der Waals surface area contributed by atoms with Gasteiger partial charge in [-0.3, -0.25) is 9.59 Å². The average Bonchev–Trinajstić information content (AvgIpc) is 2.50. The molecule has 0 radical (unpaired) electrons. The topological polar surface area (TPSA) is 76.7 Å². The Morgan fingerprint density at radius 3 is 1.45 bits per heavy atom. The van der Waals surface area contributed by atoms with Gasteiger partial charge in [-0.05, 0) is 51.0 Å². The molecule has 0 aliphatic heterocycles. The fourth-order valence-electron chi connectivity index (χ4n) is 1.77. The van der Waals surface area contributed by atoms with Gasteiger partial charge in [0.05, 0.1) is 0 Å². The molecule has 122 valence electrons. The summed E-state index contributed by atoms with van der Waals surface area (Å²) in [5.74, 6) is -0.426. The zero-order valence-corrected chi connectivity index (χ0v) is 13.9. The van der Waals surface area contributed by atoms with Gasteiger partial charge < -0.3 is 20.1 Å². The first-order valence-electron chi connectivity index (χ1n) is 7.08. The van der Waals surface area contributed by atoms with Crippen LogP contribution in [0.3, 0.4) is 0 Å². The van der Waals surface area contributed by atoms with E-state index in [-0.39, 0.29) is 11.8 Å². The van der Waals surface area contributed by atoms with Crippen molar-refractivity contribution >= 4 is 23.2 Å². The summed E-state index contributed by atoms with van der Waals surface area (Å²) in [6.45, 7) is 7.08. The van der Waals surface area contributed by atoms with E-state index in [2.05, 4.69) is 10.6 Å². The van der Waals surface area contributed by atoms with Crippen LogP contribution in [-0.2, 0) is 19.1 Å². The van der Waals surface area contributed by atoms with Crippen LogP contribution in [0.2, 0.25) is 0 Å². The highest BCUT2D eigenvalue weighted by Crippen LogP contribution is 2.25. The summed E-state index contributed by atoms with van der Waals surface area (Å²) in [4.78, 5) is 23.8. The number of hydrogen-bond acceptors (Lipinski definition) is 4. The summed E-state index contributed by atoms with van der Waals surface area (Å²) in [5, 5.41) is 5.63. The number of hydrogen-bond donors (Lipinski definition) is 2. The van der Waals surface area contributed by atoms with Gasteiger partial charge in [0.15, 0.2) is 0 Å². The molecule has 2 atom stereocenters. The number of rotatable bonds is 6. The van der Waals surface area contributed by atoms with Crippen LogP contribution >= 0.6 is 0 Å². The predicted octanol–water partition coefficient (Wildman–Crippen LogP) is 2.25. The number of aryl methyl sites for hydroxylation is 2. The molecule has 0 aromatic heterocycles. The van der Waals surface area contributed by atoms with Crippen molar-refractivity contribution in [3.05, 3.63) is 23.3 Å². The number of carbonyl (C=O) groups excluding carboxylic acids is 2. The highest BCUT2D eigenvalue weighted by Gasteiger charge is 2.16. The van der Waals surface area contributed by atoms with Crippen molar-refractivity contribution in [1.82, 2.24) is 0 Å². The van der Waals surface area contributed by atoms with Crippen molar-refractivity contribution in [2.24, 2.45) is 0 Å². The number of carbonyl (C=O) groups is 2. The highest BCUT2D eigenvalue weighted by molar-refractivity contribution is 5.97. The summed E-state index contributed by atoms with van der Waals surface area (Å²) in [6.07, 6.45) is -1.05. The van der Waals surface area contributed by atoms with Crippen LogP contribution in [0.1, 0.15) is 25.0 Å². The third kappa shape index (κ3) is 4.54. The molecule has 1 rings (SSSR count). The first kappa shape index (κ1) is 18.1. The van der Waals surface area contributed by atoms with Gasteiger partial charge in [-0.2, -0.15) is 0 Å². The molecule has 0 heterocycles. The van der Waals surface area contributed by atoms with Gasteiger partial charge in [0, 0.05) is 25.6 Å². The Bertz CT molecular complexity index is 508. The lowest BCUT2D eigenvalue weighted by molar-refractivity contribution is -0.125. The largest absolute Gasteiger partial charge is 0.372 e. The monoisotopic (exact) mass is 308 g/mol. The van der Waals surface area contributed by atoms with Gasteiger partial charge in [0.25, 0.3) is 11.8 Å². The Hall–Kier alpha value is -1.92. The smallest absolute Gasteiger partial charge is 0.253 e. The molecule has 6 nitrogen and oxygen atoms in total. The zero-order valence-electron chi connectivity index (χ0n) is 13.9. The van der Waals surface area contributed by atoms with Crippen LogP contribution < -0.4 is 10.6 Å². The Balaban J connectivity index is 2.92. The molecule has 2 unspecified atom stereocenters. The van der Waals surface area contributed by atoms with Crippen molar-refractivity contribution in [2.75, 3.05) is 24.9 Å². The zero-order chi connectivity index (χ0) is 16.9. The van der Waals surface area contributed by atoms with Crippen LogP contribution in [0.15, 0.2) is 12.1 Å². The SMILES string of the molecule is COC(C)C(=O)Nc1cc(C)c(NC(=O)C(C)OC)cc1C. The number of methoxy groups -OCH3 is 2. The molecule has 1 aromatic carbocycles. The molecule has 0 bridgehead atoms. The van der Waals surface area contributed by atoms with Crippen LogP contribution in [0.25, 0.3) is 0 Å². The minimum atomic E-state index is -0.526. The number of amides is 2. The molecule has 0 spiro atoms. The average molecular weight is 308 g/mol. The van der Waals surface area contributed by atoms with Gasteiger partial charge in [-0.25, -0.2) is 0 Å². The van der Waals surface area contributed by atoms with E-state index in [0.717, 1.165) is 11.1 Å². The number of benzene rings is 1. The van der Waals surface area contributed by atoms with E-state index >= 15 is 0 Å². The van der Waals surface area contributed by atoms with Crippen molar-refractivity contribution in [3.63, 3.8) is 0 Å². The molecule has 0 aliphatic rings. The summed E-state index contributed by atoms with van der Waals surface area (Å²) in [5.41, 5.74) is 3.10. The Morgan fingerprint density at radius 2 is 1.18 bits per heavy atom. The maximum absolute atomic E-state index is 11.9. The summed E-state index contributed by atoms with van der Waals surface area (Å²) < 4.78 is 9.97. The quantitative estimate of drug-likeness (QED) is 0.845. The van der Waals surface area contributed by atoms with Crippen LogP contribution in [0, 0.1) is 13.8 Å². The molecule has 0 saturated heterocycles. The normalized spacial score (nSPS) is 13.4. The van der Waals surface area contributed by atoms with Crippen molar-refractivity contribution in [3.8, 4) is 0 Å². The molecule has 0 saturated carbocycles. The standard InChI is InChI=1S/C16H24N2O4/c1-9-7-14(18-16(20)12(4)22-6)10(2)8-13(9)17-15(19)11(3)21-5/h7-8,11-12H,1-6H3,(H,17,19)(H,18,20). The van der Waals surface area contributed by atoms with E-state index in [1.807, 2.05) is 26.0 Å². The number of anilines is 2. The summed E-state index contributed by atoms with van der Waals surface area (Å²) >= 11 is 0. The molecule has 0 fully saturated rings. The van der Waals surface area contributed by atoms with Crippen molar-refractivity contribution < 1.29 is 19.1 Å². The fraction of sp³-hybridized carbons (Fsp3) is 0.500. The summed E-state index contributed by atoms with van der Waals surface area (Å²) in [6, 6.07) is 3.64. The van der Waals surface area contributed by atoms with Crippen LogP contribution in [0.4, 0.5) is 11.4 Å². The Morgan fingerprint density at radius 1 is 0.864 bits per heavy atom. The number of nitrogens with one attached hydrogen (secondary N) is 2. The molecule has 0 aliphatic carbocycles. The first-order chi connectivity index (χ1) is 10.3. The fourth-order valence-corrected chi connectivity index (χ4v) is 1.77. The van der Waals surface area contributed by atoms with E-state index in [4.69, 9.17) is 9.47 Å². The first-order valence-corrected chi connectivity index (χ1v) is 7.08. The minimum Gasteiger partial charge on any atom is -0.372 e. The predicted molar refractivity (Wildman–Crippen MR) is 86.1 cm³/mol. The lowest BCUT2D eigenvalue weighted by atomic mass is 10.1. The molecule has 6 heteroatoms. The van der Waals surface area contributed by atoms with Crippen LogP contribution in [-0.4, -0.2) is 38.2 Å². The number of ether oxygens (including phenoxy) is 2. The van der Waals surface area contributed by atoms with E-state index in [1.54, 1.807) is 13.8 Å². The second-order valence-corrected chi connectivity index (χ2v) is 5.22. The summed E-state index contributed by atoms with van der Waals surface area (Å²) in [7, 11) is 2.97. The second-order valence-electron chi connectivity index (χ2n) is 5.22. The molecule has 2 N–H and O–H groups in total. The Labute approximate surface area is 131 Å². The van der Waals surface area contributed by atoms with Crippen molar-refractivity contribution in [1.29, 1.82) is 0 Å². The molecular formula is C16H24N2O4. The van der Waals surface area contributed by atoms with Gasteiger partial charge in [-0.1, -0.05) is 0 Å². The van der Waals surface area contributed by atoms with Gasteiger partial charge in [0.2, 0.25) is 0 Å². The lowest BCUT2D eigenvalue weighted by Crippen LogP contribution is -2.28. The van der Waals surface area contributed by atoms with Crippen LogP contribution in [0.5, 0.6) is 0 Å². The van der Waals surface area contributed by atoms with E-state index in [9.17, 15) is 9.59 Å². The Kier molecular flexibility index (Phi) is 6.52. The third-order valence-corrected chi connectivity index (χ3v) is 3.53. The van der Waals surface area contributed by atoms with Gasteiger partial charge in [-0.15, -0.1) is 0 Å². The minimum absolute atomic E-state index is 0.213. The van der Waals surface area contributed by atoms with E-state index in [0.29, 0.717) is 11.4 Å². The van der Waals surface area contributed by atoms with E-state index in [1.165, 1.54) is 14.2 Å². The third-order valence-electron chi connectivity index (χ3n) is 3.53. The molecule has 2 amide bonds. The van der Waals surface area contributed by atoms with Crippen molar-refractivity contribution in [2.45, 2.75) is 39.9 Å². The lowest BCUT2D eigenvalue weighted by Gasteiger charge is -2.17. The molecule has 1 aromatic rings. The maximum Gasteiger partial charge on any atom is 0.253 e. The maximum atomic E-state index is 11.9. The van der Waals surface area contributed by atoms with Gasteiger partial charge in [0.1, 0.15) is 12.2 Å². The van der Waals surface area contributed by atoms with E-state index < -0.39 is 12.2 Å². The molecule has 22 heavy (non-hydrogen) atoms. The highest BCUT2D eigenvalue weighted by atomic mass is 16.5. The van der Waals surface area contributed by atoms with Gasteiger partial charge >= 0.3 is 0 Å².